The van der Waals surface area contributed by atoms with E-state index in [4.69, 9.17) is 27.1 Å². The molecule has 6 nitrogen and oxygen atoms in total. The lowest BCUT2D eigenvalue weighted by Crippen LogP contribution is -2.55. The number of carbonyl (C=O) groups is 1. The van der Waals surface area contributed by atoms with Crippen molar-refractivity contribution in [2.75, 3.05) is 18.5 Å². The first-order valence-corrected chi connectivity index (χ1v) is 10.7. The van der Waals surface area contributed by atoms with E-state index in [0.29, 0.717) is 35.1 Å². The molecule has 1 fully saturated rings. The Hall–Kier alpha value is -2.64. The minimum absolute atomic E-state index is 0.0136. The summed E-state index contributed by atoms with van der Waals surface area (Å²) in [5.74, 6) is -0.114. The number of nitrogens with one attached hydrogen (secondary N) is 1. The number of nitrogens with two attached hydrogens (primary N) is 1. The summed E-state index contributed by atoms with van der Waals surface area (Å²) >= 11 is 6.75. The number of halogens is 2. The highest BCUT2D eigenvalue weighted by molar-refractivity contribution is 6.34. The number of guanidine groups is 1. The topological polar surface area (TPSA) is 80.0 Å². The zero-order chi connectivity index (χ0) is 22.2. The van der Waals surface area contributed by atoms with E-state index in [-0.39, 0.29) is 30.1 Å². The van der Waals surface area contributed by atoms with Crippen LogP contribution in [-0.4, -0.2) is 36.0 Å². The summed E-state index contributed by atoms with van der Waals surface area (Å²) < 4.78 is 19.0. The highest BCUT2D eigenvalue weighted by atomic mass is 35.5. The average molecular weight is 445 g/mol. The van der Waals surface area contributed by atoms with Gasteiger partial charge < -0.3 is 15.8 Å². The molecule has 0 aromatic heterocycles. The third-order valence-electron chi connectivity index (χ3n) is 5.94. The van der Waals surface area contributed by atoms with E-state index in [1.807, 2.05) is 25.1 Å². The van der Waals surface area contributed by atoms with E-state index in [9.17, 15) is 9.18 Å². The first kappa shape index (κ1) is 21.6. The fraction of sp³-hybridized carbons (Fsp3) is 0.391. The molecule has 0 radical (unpaired) electrons. The van der Waals surface area contributed by atoms with Gasteiger partial charge in [0.25, 0.3) is 0 Å². The number of nitrogens with zero attached hydrogens (tertiary/aromatic N) is 2. The highest BCUT2D eigenvalue weighted by Gasteiger charge is 2.41. The molecule has 2 aromatic rings. The SMILES string of the molecule is Cc1cc(Nc2cccc([C@]3(C)CC(=O)N(C4CCOCC4)C(N)=N3)c2Cl)ccc1F. The van der Waals surface area contributed by atoms with Crippen LogP contribution in [0, 0.1) is 12.7 Å². The van der Waals surface area contributed by atoms with Crippen LogP contribution in [0.1, 0.15) is 37.3 Å². The number of rotatable bonds is 4. The lowest BCUT2D eigenvalue weighted by Gasteiger charge is -2.40. The summed E-state index contributed by atoms with van der Waals surface area (Å²) in [5, 5.41) is 3.69. The van der Waals surface area contributed by atoms with Crippen molar-refractivity contribution in [3.05, 3.63) is 58.4 Å². The Morgan fingerprint density at radius 3 is 2.71 bits per heavy atom. The second-order valence-corrected chi connectivity index (χ2v) is 8.66. The maximum Gasteiger partial charge on any atom is 0.232 e. The van der Waals surface area contributed by atoms with Gasteiger partial charge in [0.2, 0.25) is 5.91 Å². The predicted octanol–water partition coefficient (Wildman–Crippen LogP) is 4.47. The Balaban J connectivity index is 1.64. The van der Waals surface area contributed by atoms with Crippen LogP contribution >= 0.6 is 11.6 Å². The molecular formula is C23H26ClFN4O2. The van der Waals surface area contributed by atoms with Crippen LogP contribution < -0.4 is 11.1 Å². The van der Waals surface area contributed by atoms with Gasteiger partial charge >= 0.3 is 0 Å². The number of carbonyl (C=O) groups excluding carboxylic acids is 1. The van der Waals surface area contributed by atoms with Gasteiger partial charge in [-0.2, -0.15) is 0 Å². The Kier molecular flexibility index (Phi) is 5.90. The molecule has 1 atom stereocenters. The second kappa shape index (κ2) is 8.48. The van der Waals surface area contributed by atoms with Gasteiger partial charge in [-0.25, -0.2) is 9.38 Å². The van der Waals surface area contributed by atoms with Crippen molar-refractivity contribution < 1.29 is 13.9 Å². The van der Waals surface area contributed by atoms with Crippen molar-refractivity contribution in [1.29, 1.82) is 0 Å². The van der Waals surface area contributed by atoms with Crippen LogP contribution in [0.2, 0.25) is 5.02 Å². The summed E-state index contributed by atoms with van der Waals surface area (Å²) in [4.78, 5) is 19.4. The fourth-order valence-corrected chi connectivity index (χ4v) is 4.64. The predicted molar refractivity (Wildman–Crippen MR) is 120 cm³/mol. The molecule has 0 saturated carbocycles. The first-order chi connectivity index (χ1) is 14.8. The van der Waals surface area contributed by atoms with Crippen LogP contribution in [-0.2, 0) is 15.1 Å². The molecule has 2 aliphatic heterocycles. The summed E-state index contributed by atoms with van der Waals surface area (Å²) in [6, 6.07) is 10.3. The molecule has 0 unspecified atom stereocenters. The van der Waals surface area contributed by atoms with E-state index in [1.165, 1.54) is 6.07 Å². The Labute approximate surface area is 186 Å². The van der Waals surface area contributed by atoms with Crippen molar-refractivity contribution in [3.63, 3.8) is 0 Å². The Bertz CT molecular complexity index is 1040. The quantitative estimate of drug-likeness (QED) is 0.729. The van der Waals surface area contributed by atoms with Crippen molar-refractivity contribution >= 4 is 34.8 Å². The molecule has 1 saturated heterocycles. The number of ether oxygens (including phenoxy) is 1. The van der Waals surface area contributed by atoms with Crippen molar-refractivity contribution in [1.82, 2.24) is 4.90 Å². The second-order valence-electron chi connectivity index (χ2n) is 8.28. The Morgan fingerprint density at radius 1 is 1.29 bits per heavy atom. The fourth-order valence-electron chi connectivity index (χ4n) is 4.27. The molecule has 4 rings (SSSR count). The maximum absolute atomic E-state index is 13.6. The summed E-state index contributed by atoms with van der Waals surface area (Å²) in [5.41, 5.74) is 8.01. The van der Waals surface area contributed by atoms with E-state index < -0.39 is 5.54 Å². The maximum atomic E-state index is 13.6. The van der Waals surface area contributed by atoms with Gasteiger partial charge in [0.1, 0.15) is 5.82 Å². The minimum Gasteiger partial charge on any atom is -0.381 e. The van der Waals surface area contributed by atoms with Crippen LogP contribution in [0.15, 0.2) is 41.4 Å². The molecule has 0 bridgehead atoms. The van der Waals surface area contributed by atoms with Gasteiger partial charge in [-0.15, -0.1) is 0 Å². The highest BCUT2D eigenvalue weighted by Crippen LogP contribution is 2.41. The number of benzene rings is 2. The molecule has 31 heavy (non-hydrogen) atoms. The van der Waals surface area contributed by atoms with Gasteiger partial charge in [0.15, 0.2) is 5.96 Å². The normalized spacial score (nSPS) is 22.4. The van der Waals surface area contributed by atoms with Gasteiger partial charge in [-0.1, -0.05) is 23.7 Å². The number of anilines is 2. The number of hydrogen-bond acceptors (Lipinski definition) is 5. The molecular weight excluding hydrogens is 419 g/mol. The molecule has 3 N–H and O–H groups in total. The molecule has 0 spiro atoms. The zero-order valence-corrected chi connectivity index (χ0v) is 18.4. The lowest BCUT2D eigenvalue weighted by atomic mass is 9.86. The van der Waals surface area contributed by atoms with Crippen molar-refractivity contribution in [2.24, 2.45) is 10.7 Å². The molecule has 0 aliphatic carbocycles. The number of aryl methyl sites for hydroxylation is 1. The molecule has 2 aromatic carbocycles. The van der Waals surface area contributed by atoms with E-state index in [2.05, 4.69) is 5.32 Å². The number of amides is 1. The zero-order valence-electron chi connectivity index (χ0n) is 17.6. The van der Waals surface area contributed by atoms with Crippen molar-refractivity contribution in [3.8, 4) is 0 Å². The third-order valence-corrected chi connectivity index (χ3v) is 6.35. The molecule has 164 valence electrons. The van der Waals surface area contributed by atoms with E-state index >= 15 is 0 Å². The van der Waals surface area contributed by atoms with E-state index in [0.717, 1.165) is 18.5 Å². The molecule has 8 heteroatoms. The summed E-state index contributed by atoms with van der Waals surface area (Å²) in [6.07, 6.45) is 1.66. The molecule has 1 amide bonds. The Morgan fingerprint density at radius 2 is 2.03 bits per heavy atom. The van der Waals surface area contributed by atoms with Crippen molar-refractivity contribution in [2.45, 2.75) is 44.7 Å². The largest absolute Gasteiger partial charge is 0.381 e. The van der Waals surface area contributed by atoms with Crippen LogP contribution in [0.3, 0.4) is 0 Å². The van der Waals surface area contributed by atoms with Crippen LogP contribution in [0.25, 0.3) is 0 Å². The van der Waals surface area contributed by atoms with Gasteiger partial charge in [-0.3, -0.25) is 9.69 Å². The smallest absolute Gasteiger partial charge is 0.232 e. The molecule has 2 heterocycles. The van der Waals surface area contributed by atoms with Gasteiger partial charge in [0.05, 0.1) is 22.7 Å². The van der Waals surface area contributed by atoms with Crippen LogP contribution in [0.4, 0.5) is 15.8 Å². The monoisotopic (exact) mass is 444 g/mol. The summed E-state index contributed by atoms with van der Waals surface area (Å²) in [6.45, 7) is 4.80. The number of hydrogen-bond donors (Lipinski definition) is 2. The van der Waals surface area contributed by atoms with Gasteiger partial charge in [-0.05, 0) is 56.5 Å². The lowest BCUT2D eigenvalue weighted by molar-refractivity contribution is -0.132. The first-order valence-electron chi connectivity index (χ1n) is 10.4. The number of aliphatic imine (C=N–C) groups is 1. The van der Waals surface area contributed by atoms with Gasteiger partial charge in [0, 0.05) is 30.5 Å². The average Bonchev–Trinajstić information content (AvgIpc) is 2.72. The molecule has 2 aliphatic rings. The van der Waals surface area contributed by atoms with Crippen LogP contribution in [0.5, 0.6) is 0 Å². The third kappa shape index (κ3) is 4.25. The summed E-state index contributed by atoms with van der Waals surface area (Å²) in [7, 11) is 0. The van der Waals surface area contributed by atoms with E-state index in [1.54, 1.807) is 24.0 Å². The standard InChI is InChI=1S/C23H26ClFN4O2/c1-14-12-15(6-7-18(14)25)27-19-5-3-4-17(21(19)24)23(2)13-20(30)29(22(26)28-23)16-8-10-31-11-9-16/h3-7,12,16,27H,8-11,13H2,1-2H3,(H2,26,28)/t23-/m0/s1. The minimum atomic E-state index is -0.879.